The van der Waals surface area contributed by atoms with Crippen LogP contribution in [0.15, 0.2) is 48.5 Å². The number of methoxy groups -OCH3 is 1. The lowest BCUT2D eigenvalue weighted by molar-refractivity contribution is -0.135. The second-order valence-electron chi connectivity index (χ2n) is 6.57. The molecule has 2 aromatic rings. The molecule has 142 valence electrons. The highest BCUT2D eigenvalue weighted by Crippen LogP contribution is 2.49. The number of benzene rings is 2. The lowest BCUT2D eigenvalue weighted by atomic mass is 10.1. The number of para-hydroxylation sites is 2. The summed E-state index contributed by atoms with van der Waals surface area (Å²) in [7, 11) is 1.53. The van der Waals surface area contributed by atoms with E-state index in [9.17, 15) is 14.0 Å². The Labute approximate surface area is 158 Å². The Kier molecular flexibility index (Phi) is 5.74. The van der Waals surface area contributed by atoms with E-state index in [1.54, 1.807) is 36.4 Å². The molecule has 2 aromatic carbocycles. The Bertz CT molecular complexity index is 840. The maximum absolute atomic E-state index is 13.9. The van der Waals surface area contributed by atoms with E-state index in [0.29, 0.717) is 30.0 Å². The second kappa shape index (κ2) is 8.20. The van der Waals surface area contributed by atoms with Gasteiger partial charge in [-0.3, -0.25) is 9.59 Å². The molecule has 0 spiro atoms. The highest BCUT2D eigenvalue weighted by Gasteiger charge is 2.46. The van der Waals surface area contributed by atoms with E-state index in [4.69, 9.17) is 4.74 Å². The number of anilines is 1. The number of likely N-dealkylation sites (N-methyl/N-ethyl adjacent to an activating group) is 1. The van der Waals surface area contributed by atoms with Crippen LogP contribution in [0.5, 0.6) is 5.75 Å². The van der Waals surface area contributed by atoms with Crippen molar-refractivity contribution in [3.05, 3.63) is 59.9 Å². The molecule has 1 aliphatic carbocycles. The van der Waals surface area contributed by atoms with E-state index in [1.807, 2.05) is 13.0 Å². The van der Waals surface area contributed by atoms with Crippen molar-refractivity contribution < 1.29 is 18.7 Å². The summed E-state index contributed by atoms with van der Waals surface area (Å²) in [5.41, 5.74) is 1.13. The van der Waals surface area contributed by atoms with Crippen molar-refractivity contribution in [3.63, 3.8) is 0 Å². The topological polar surface area (TPSA) is 58.6 Å². The number of hydrogen-bond acceptors (Lipinski definition) is 3. The van der Waals surface area contributed by atoms with E-state index in [0.717, 1.165) is 0 Å². The molecule has 0 heterocycles. The lowest BCUT2D eigenvalue weighted by Crippen LogP contribution is -2.39. The molecule has 2 unspecified atom stereocenters. The van der Waals surface area contributed by atoms with Crippen molar-refractivity contribution >= 4 is 17.5 Å². The van der Waals surface area contributed by atoms with Gasteiger partial charge in [0, 0.05) is 12.5 Å². The Morgan fingerprint density at radius 1 is 1.19 bits per heavy atom. The van der Waals surface area contributed by atoms with Gasteiger partial charge < -0.3 is 15.0 Å². The molecule has 6 heteroatoms. The van der Waals surface area contributed by atoms with Gasteiger partial charge in [-0.15, -0.1) is 0 Å². The predicted octanol–water partition coefficient (Wildman–Crippen LogP) is 3.43. The number of carbonyl (C=O) groups excluding carboxylic acids is 2. The summed E-state index contributed by atoms with van der Waals surface area (Å²) >= 11 is 0. The van der Waals surface area contributed by atoms with Crippen LogP contribution in [0.2, 0.25) is 0 Å². The minimum absolute atomic E-state index is 0.0477. The molecule has 5 nitrogen and oxygen atoms in total. The number of halogens is 1. The molecule has 1 saturated carbocycles. The van der Waals surface area contributed by atoms with Crippen molar-refractivity contribution in [1.29, 1.82) is 0 Å². The number of ether oxygens (including phenoxy) is 1. The first-order chi connectivity index (χ1) is 13.0. The first kappa shape index (κ1) is 18.9. The van der Waals surface area contributed by atoms with Gasteiger partial charge in [-0.1, -0.05) is 30.3 Å². The van der Waals surface area contributed by atoms with Crippen LogP contribution in [-0.4, -0.2) is 36.9 Å². The number of nitrogens with zero attached hydrogens (tertiary/aromatic N) is 1. The molecule has 0 aromatic heterocycles. The Balaban J connectivity index is 1.61. The van der Waals surface area contributed by atoms with E-state index >= 15 is 0 Å². The molecule has 0 saturated heterocycles. The third-order valence-corrected chi connectivity index (χ3v) is 4.82. The molecule has 0 radical (unpaired) electrons. The van der Waals surface area contributed by atoms with Gasteiger partial charge in [0.2, 0.25) is 11.8 Å². The number of amides is 2. The molecule has 27 heavy (non-hydrogen) atoms. The van der Waals surface area contributed by atoms with Gasteiger partial charge in [0.15, 0.2) is 0 Å². The first-order valence-corrected chi connectivity index (χ1v) is 9.01. The van der Waals surface area contributed by atoms with Crippen LogP contribution in [0.4, 0.5) is 10.1 Å². The average molecular weight is 370 g/mol. The first-order valence-electron chi connectivity index (χ1n) is 9.01. The molecule has 0 aliphatic heterocycles. The van der Waals surface area contributed by atoms with Crippen molar-refractivity contribution in [3.8, 4) is 5.75 Å². The molecule has 3 rings (SSSR count). The van der Waals surface area contributed by atoms with E-state index in [-0.39, 0.29) is 36.0 Å². The summed E-state index contributed by atoms with van der Waals surface area (Å²) in [5, 5.41) is 2.77. The lowest BCUT2D eigenvalue weighted by Gasteiger charge is -2.21. The zero-order chi connectivity index (χ0) is 19.4. The minimum atomic E-state index is -0.294. The van der Waals surface area contributed by atoms with Crippen molar-refractivity contribution in [2.75, 3.05) is 25.5 Å². The Hall–Kier alpha value is -2.89. The maximum Gasteiger partial charge on any atom is 0.244 e. The Morgan fingerprint density at radius 3 is 2.59 bits per heavy atom. The minimum Gasteiger partial charge on any atom is -0.495 e. The fourth-order valence-corrected chi connectivity index (χ4v) is 3.28. The molecule has 1 N–H and O–H groups in total. The van der Waals surface area contributed by atoms with Crippen LogP contribution in [-0.2, 0) is 9.59 Å². The van der Waals surface area contributed by atoms with Crippen molar-refractivity contribution in [2.24, 2.45) is 5.92 Å². The predicted molar refractivity (Wildman–Crippen MR) is 101 cm³/mol. The van der Waals surface area contributed by atoms with E-state index in [1.165, 1.54) is 18.1 Å². The van der Waals surface area contributed by atoms with Crippen LogP contribution < -0.4 is 10.1 Å². The SMILES string of the molecule is CCN(CC(=O)Nc1ccccc1OC)C(=O)C1CC1c1ccccc1F. The molecule has 0 bridgehead atoms. The normalized spacial score (nSPS) is 17.9. The Morgan fingerprint density at radius 2 is 1.89 bits per heavy atom. The number of nitrogens with one attached hydrogen (secondary N) is 1. The number of rotatable bonds is 7. The zero-order valence-corrected chi connectivity index (χ0v) is 15.4. The standard InChI is InChI=1S/C21H23FN2O3/c1-3-24(13-20(25)23-18-10-6-7-11-19(18)27-2)21(26)16-12-15(16)14-8-4-5-9-17(14)22/h4-11,15-16H,3,12-13H2,1-2H3,(H,23,25). The summed E-state index contributed by atoms with van der Waals surface area (Å²) in [6.45, 7) is 2.20. The summed E-state index contributed by atoms with van der Waals surface area (Å²) < 4.78 is 19.1. The van der Waals surface area contributed by atoms with Gasteiger partial charge in [0.25, 0.3) is 0 Å². The summed E-state index contributed by atoms with van der Waals surface area (Å²) in [4.78, 5) is 26.6. The second-order valence-corrected chi connectivity index (χ2v) is 6.57. The van der Waals surface area contributed by atoms with E-state index in [2.05, 4.69) is 5.32 Å². The fraction of sp³-hybridized carbons (Fsp3) is 0.333. The monoisotopic (exact) mass is 370 g/mol. The van der Waals surface area contributed by atoms with Gasteiger partial charge in [-0.05, 0) is 43.0 Å². The third kappa shape index (κ3) is 4.27. The van der Waals surface area contributed by atoms with Crippen LogP contribution in [0.1, 0.15) is 24.8 Å². The smallest absolute Gasteiger partial charge is 0.244 e. The van der Waals surface area contributed by atoms with Gasteiger partial charge in [0.1, 0.15) is 11.6 Å². The zero-order valence-electron chi connectivity index (χ0n) is 15.4. The largest absolute Gasteiger partial charge is 0.495 e. The third-order valence-electron chi connectivity index (χ3n) is 4.82. The average Bonchev–Trinajstić information content (AvgIpc) is 3.47. The van der Waals surface area contributed by atoms with Gasteiger partial charge in [-0.25, -0.2) is 4.39 Å². The summed E-state index contributed by atoms with van der Waals surface area (Å²) in [5.74, 6) is -0.499. The highest BCUT2D eigenvalue weighted by atomic mass is 19.1. The fourth-order valence-electron chi connectivity index (χ4n) is 3.28. The summed E-state index contributed by atoms with van der Waals surface area (Å²) in [6.07, 6.45) is 0.615. The molecular weight excluding hydrogens is 347 g/mol. The van der Waals surface area contributed by atoms with Gasteiger partial charge >= 0.3 is 0 Å². The van der Waals surface area contributed by atoms with Crippen LogP contribution in [0.3, 0.4) is 0 Å². The molecule has 2 atom stereocenters. The van der Waals surface area contributed by atoms with E-state index < -0.39 is 0 Å². The van der Waals surface area contributed by atoms with Crippen molar-refractivity contribution in [2.45, 2.75) is 19.3 Å². The highest BCUT2D eigenvalue weighted by molar-refractivity contribution is 5.96. The van der Waals surface area contributed by atoms with Crippen LogP contribution in [0.25, 0.3) is 0 Å². The number of carbonyl (C=O) groups is 2. The molecular formula is C21H23FN2O3. The molecule has 2 amide bonds. The van der Waals surface area contributed by atoms with Crippen molar-refractivity contribution in [1.82, 2.24) is 4.90 Å². The van der Waals surface area contributed by atoms with Crippen LogP contribution >= 0.6 is 0 Å². The van der Waals surface area contributed by atoms with Gasteiger partial charge in [0.05, 0.1) is 19.3 Å². The van der Waals surface area contributed by atoms with Gasteiger partial charge in [-0.2, -0.15) is 0 Å². The molecule has 1 aliphatic rings. The maximum atomic E-state index is 13.9. The van der Waals surface area contributed by atoms with Crippen LogP contribution in [0, 0.1) is 11.7 Å². The summed E-state index contributed by atoms with van der Waals surface area (Å²) in [6, 6.07) is 13.6. The number of hydrogen-bond donors (Lipinski definition) is 1. The quantitative estimate of drug-likeness (QED) is 0.812. The molecule has 1 fully saturated rings.